The van der Waals surface area contributed by atoms with Gasteiger partial charge in [-0.05, 0) is 37.9 Å². The van der Waals surface area contributed by atoms with Crippen molar-refractivity contribution in [1.29, 1.82) is 0 Å². The van der Waals surface area contributed by atoms with E-state index in [4.69, 9.17) is 0 Å². The number of hydrogen-bond acceptors (Lipinski definition) is 2. The molecule has 1 N–H and O–H groups in total. The Morgan fingerprint density at radius 2 is 2.24 bits per heavy atom. The predicted octanol–water partition coefficient (Wildman–Crippen LogP) is 3.45. The molecule has 0 saturated heterocycles. The van der Waals surface area contributed by atoms with Crippen molar-refractivity contribution in [2.75, 3.05) is 7.05 Å². The van der Waals surface area contributed by atoms with Gasteiger partial charge in [0.25, 0.3) is 0 Å². The molecule has 17 heavy (non-hydrogen) atoms. The Kier molecular flexibility index (Phi) is 4.49. The van der Waals surface area contributed by atoms with Crippen LogP contribution in [0, 0.1) is 11.7 Å². The lowest BCUT2D eigenvalue weighted by Gasteiger charge is -2.18. The van der Waals surface area contributed by atoms with E-state index in [2.05, 4.69) is 10.3 Å². The molecule has 0 aromatic carbocycles. The number of rotatable bonds is 5. The minimum absolute atomic E-state index is 0.0526. The van der Waals surface area contributed by atoms with Crippen LogP contribution in [0.3, 0.4) is 0 Å². The van der Waals surface area contributed by atoms with Gasteiger partial charge in [-0.3, -0.25) is 4.98 Å². The number of nitrogens with zero attached hydrogens (tertiary/aromatic N) is 1. The summed E-state index contributed by atoms with van der Waals surface area (Å²) in [6, 6.07) is 3.18. The molecule has 1 aromatic rings. The number of hydrogen-bond donors (Lipinski definition) is 1. The molecule has 1 aromatic heterocycles. The van der Waals surface area contributed by atoms with Crippen LogP contribution in [-0.2, 0) is 0 Å². The van der Waals surface area contributed by atoms with E-state index >= 15 is 0 Å². The molecule has 1 atom stereocenters. The normalized spacial score (nSPS) is 18.5. The smallest absolute Gasteiger partial charge is 0.146 e. The van der Waals surface area contributed by atoms with Crippen LogP contribution in [0.2, 0.25) is 0 Å². The molecule has 94 valence electrons. The van der Waals surface area contributed by atoms with Crippen LogP contribution in [0.1, 0.15) is 50.3 Å². The predicted molar refractivity (Wildman–Crippen MR) is 67.2 cm³/mol. The second kappa shape index (κ2) is 6.10. The molecule has 2 nitrogen and oxygen atoms in total. The van der Waals surface area contributed by atoms with Crippen LogP contribution in [-0.4, -0.2) is 12.0 Å². The monoisotopic (exact) mass is 236 g/mol. The molecule has 1 unspecified atom stereocenters. The molecule has 0 radical (unpaired) electrons. The SMILES string of the molecule is CNC(CCC1CCCC1)c1ncccc1F. The van der Waals surface area contributed by atoms with Gasteiger partial charge in [-0.25, -0.2) is 4.39 Å². The van der Waals surface area contributed by atoms with Crippen molar-refractivity contribution in [1.82, 2.24) is 10.3 Å². The lowest BCUT2D eigenvalue weighted by Crippen LogP contribution is -2.19. The first-order valence-corrected chi connectivity index (χ1v) is 6.59. The Balaban J connectivity index is 1.94. The van der Waals surface area contributed by atoms with Gasteiger partial charge in [0.05, 0.1) is 11.7 Å². The maximum absolute atomic E-state index is 13.6. The van der Waals surface area contributed by atoms with Crippen LogP contribution in [0.4, 0.5) is 4.39 Å². The second-order valence-electron chi connectivity index (χ2n) is 4.94. The van der Waals surface area contributed by atoms with Crippen molar-refractivity contribution in [3.8, 4) is 0 Å². The van der Waals surface area contributed by atoms with E-state index < -0.39 is 0 Å². The van der Waals surface area contributed by atoms with Crippen molar-refractivity contribution >= 4 is 0 Å². The Hall–Kier alpha value is -0.960. The van der Waals surface area contributed by atoms with Crippen LogP contribution < -0.4 is 5.32 Å². The average Bonchev–Trinajstić information content (AvgIpc) is 2.85. The van der Waals surface area contributed by atoms with Gasteiger partial charge in [-0.1, -0.05) is 25.7 Å². The van der Waals surface area contributed by atoms with Gasteiger partial charge in [0.2, 0.25) is 0 Å². The van der Waals surface area contributed by atoms with E-state index in [9.17, 15) is 4.39 Å². The van der Waals surface area contributed by atoms with Crippen LogP contribution in [0.5, 0.6) is 0 Å². The summed E-state index contributed by atoms with van der Waals surface area (Å²) in [6.45, 7) is 0. The summed E-state index contributed by atoms with van der Waals surface area (Å²) in [6.07, 6.45) is 9.26. The molecular weight excluding hydrogens is 215 g/mol. The van der Waals surface area contributed by atoms with Gasteiger partial charge < -0.3 is 5.32 Å². The molecule has 1 saturated carbocycles. The molecule has 2 rings (SSSR count). The van der Waals surface area contributed by atoms with Crippen molar-refractivity contribution in [3.05, 3.63) is 29.8 Å². The molecule has 3 heteroatoms. The van der Waals surface area contributed by atoms with Crippen molar-refractivity contribution < 1.29 is 4.39 Å². The van der Waals surface area contributed by atoms with Crippen LogP contribution >= 0.6 is 0 Å². The topological polar surface area (TPSA) is 24.9 Å². The quantitative estimate of drug-likeness (QED) is 0.847. The summed E-state index contributed by atoms with van der Waals surface area (Å²) in [5.41, 5.74) is 0.563. The van der Waals surface area contributed by atoms with E-state index in [0.717, 1.165) is 12.3 Å². The average molecular weight is 236 g/mol. The summed E-state index contributed by atoms with van der Waals surface area (Å²) < 4.78 is 13.6. The molecule has 0 aliphatic heterocycles. The fourth-order valence-corrected chi connectivity index (χ4v) is 2.77. The first-order valence-electron chi connectivity index (χ1n) is 6.59. The summed E-state index contributed by atoms with van der Waals surface area (Å²) in [5.74, 6) is 0.649. The van der Waals surface area contributed by atoms with Crippen molar-refractivity contribution in [2.45, 2.75) is 44.6 Å². The van der Waals surface area contributed by atoms with E-state index in [-0.39, 0.29) is 11.9 Å². The highest BCUT2D eigenvalue weighted by molar-refractivity contribution is 5.11. The third-order valence-corrected chi connectivity index (χ3v) is 3.80. The number of aromatic nitrogens is 1. The van der Waals surface area contributed by atoms with Crippen LogP contribution in [0.25, 0.3) is 0 Å². The van der Waals surface area contributed by atoms with E-state index in [1.165, 1.54) is 38.2 Å². The Bertz CT molecular complexity index is 348. The zero-order chi connectivity index (χ0) is 12.1. The summed E-state index contributed by atoms with van der Waals surface area (Å²) in [7, 11) is 1.88. The van der Waals surface area contributed by atoms with Gasteiger partial charge >= 0.3 is 0 Å². The first-order chi connectivity index (χ1) is 8.31. The lowest BCUT2D eigenvalue weighted by molar-refractivity contribution is 0.412. The van der Waals surface area contributed by atoms with E-state index in [1.807, 2.05) is 7.05 Å². The van der Waals surface area contributed by atoms with E-state index in [0.29, 0.717) is 5.69 Å². The highest BCUT2D eigenvalue weighted by atomic mass is 19.1. The third-order valence-electron chi connectivity index (χ3n) is 3.80. The Morgan fingerprint density at radius 3 is 2.88 bits per heavy atom. The molecule has 1 heterocycles. The fourth-order valence-electron chi connectivity index (χ4n) is 2.77. The lowest BCUT2D eigenvalue weighted by atomic mass is 9.97. The van der Waals surface area contributed by atoms with Gasteiger partial charge in [-0.2, -0.15) is 0 Å². The first kappa shape index (κ1) is 12.5. The fraction of sp³-hybridized carbons (Fsp3) is 0.643. The molecule has 0 bridgehead atoms. The number of nitrogens with one attached hydrogen (secondary N) is 1. The minimum atomic E-state index is -0.196. The molecule has 0 spiro atoms. The number of halogens is 1. The number of pyridine rings is 1. The largest absolute Gasteiger partial charge is 0.312 e. The van der Waals surface area contributed by atoms with Gasteiger partial charge in [0.15, 0.2) is 0 Å². The Labute approximate surface area is 103 Å². The van der Waals surface area contributed by atoms with Crippen molar-refractivity contribution in [3.63, 3.8) is 0 Å². The maximum atomic E-state index is 13.6. The van der Waals surface area contributed by atoms with Gasteiger partial charge in [0, 0.05) is 6.20 Å². The van der Waals surface area contributed by atoms with E-state index in [1.54, 1.807) is 12.3 Å². The van der Waals surface area contributed by atoms with Crippen molar-refractivity contribution in [2.24, 2.45) is 5.92 Å². The van der Waals surface area contributed by atoms with Gasteiger partial charge in [-0.15, -0.1) is 0 Å². The minimum Gasteiger partial charge on any atom is -0.312 e. The Morgan fingerprint density at radius 1 is 1.47 bits per heavy atom. The zero-order valence-corrected chi connectivity index (χ0v) is 10.5. The highest BCUT2D eigenvalue weighted by Crippen LogP contribution is 2.31. The molecular formula is C14H21FN2. The zero-order valence-electron chi connectivity index (χ0n) is 10.5. The summed E-state index contributed by atoms with van der Waals surface area (Å²) >= 11 is 0. The molecule has 0 amide bonds. The second-order valence-corrected chi connectivity index (χ2v) is 4.94. The summed E-state index contributed by atoms with van der Waals surface area (Å²) in [5, 5.41) is 3.18. The van der Waals surface area contributed by atoms with Crippen LogP contribution in [0.15, 0.2) is 18.3 Å². The summed E-state index contributed by atoms with van der Waals surface area (Å²) in [4.78, 5) is 4.16. The van der Waals surface area contributed by atoms with Gasteiger partial charge in [0.1, 0.15) is 5.82 Å². The molecule has 1 aliphatic rings. The molecule has 1 fully saturated rings. The highest BCUT2D eigenvalue weighted by Gasteiger charge is 2.19. The third kappa shape index (κ3) is 3.25. The standard InChI is InChI=1S/C14H21FN2/c1-16-13(9-8-11-5-2-3-6-11)14-12(15)7-4-10-17-14/h4,7,10-11,13,16H,2-3,5-6,8-9H2,1H3. The maximum Gasteiger partial charge on any atom is 0.146 e. The molecule has 1 aliphatic carbocycles.